The fraction of sp³-hybridized carbons (Fsp3) is 0.333. The molecular formula is C18H19ClO2. The molecule has 2 nitrogen and oxygen atoms in total. The van der Waals surface area contributed by atoms with E-state index in [0.29, 0.717) is 6.61 Å². The van der Waals surface area contributed by atoms with Crippen LogP contribution in [0.1, 0.15) is 35.9 Å². The normalized spacial score (nSPS) is 17.0. The molecule has 0 amide bonds. The Bertz CT molecular complexity index is 664. The lowest BCUT2D eigenvalue weighted by Gasteiger charge is -2.18. The van der Waals surface area contributed by atoms with Gasteiger partial charge in [0.1, 0.15) is 11.5 Å². The van der Waals surface area contributed by atoms with Crippen molar-refractivity contribution in [1.29, 1.82) is 0 Å². The van der Waals surface area contributed by atoms with Gasteiger partial charge in [0.25, 0.3) is 0 Å². The van der Waals surface area contributed by atoms with E-state index in [2.05, 4.69) is 19.9 Å². The van der Waals surface area contributed by atoms with Crippen molar-refractivity contribution in [2.45, 2.75) is 24.6 Å². The Morgan fingerprint density at radius 3 is 2.71 bits per heavy atom. The third-order valence-electron chi connectivity index (χ3n) is 4.03. The largest absolute Gasteiger partial charge is 0.496 e. The van der Waals surface area contributed by atoms with Crippen LogP contribution in [-0.4, -0.2) is 13.7 Å². The van der Waals surface area contributed by atoms with Crippen molar-refractivity contribution in [1.82, 2.24) is 0 Å². The molecule has 0 aliphatic carbocycles. The molecule has 1 atom stereocenters. The van der Waals surface area contributed by atoms with Crippen LogP contribution in [0, 0.1) is 0 Å². The number of ether oxygens (including phenoxy) is 2. The second kappa shape index (κ2) is 5.27. The van der Waals surface area contributed by atoms with E-state index in [4.69, 9.17) is 21.1 Å². The molecule has 3 rings (SSSR count). The van der Waals surface area contributed by atoms with Crippen molar-refractivity contribution >= 4 is 11.6 Å². The fourth-order valence-electron chi connectivity index (χ4n) is 2.75. The number of benzene rings is 2. The van der Waals surface area contributed by atoms with Crippen molar-refractivity contribution in [3.05, 3.63) is 59.2 Å². The maximum atomic E-state index is 6.69. The standard InChI is InChI=1S/C18H19ClO2/c1-18(2)11-21-16-9-8-12(10-14(16)18)17(19)13-6-4-5-7-15(13)20-3/h4-10,17H,11H2,1-3H3. The van der Waals surface area contributed by atoms with Gasteiger partial charge in [-0.1, -0.05) is 38.1 Å². The van der Waals surface area contributed by atoms with Gasteiger partial charge in [0.2, 0.25) is 0 Å². The molecule has 1 aliphatic rings. The molecule has 1 unspecified atom stereocenters. The average molecular weight is 303 g/mol. The van der Waals surface area contributed by atoms with Crippen molar-refractivity contribution in [3.8, 4) is 11.5 Å². The van der Waals surface area contributed by atoms with Crippen LogP contribution in [0.5, 0.6) is 11.5 Å². The molecular weight excluding hydrogens is 284 g/mol. The van der Waals surface area contributed by atoms with Crippen molar-refractivity contribution in [2.24, 2.45) is 0 Å². The van der Waals surface area contributed by atoms with Crippen LogP contribution < -0.4 is 9.47 Å². The lowest BCUT2D eigenvalue weighted by Crippen LogP contribution is -2.18. The number of fused-ring (bicyclic) bond motifs is 1. The van der Waals surface area contributed by atoms with Gasteiger partial charge in [0.05, 0.1) is 19.1 Å². The molecule has 1 heterocycles. The third-order valence-corrected chi connectivity index (χ3v) is 4.51. The van der Waals surface area contributed by atoms with Crippen LogP contribution in [0.4, 0.5) is 0 Å². The van der Waals surface area contributed by atoms with Gasteiger partial charge in [0.15, 0.2) is 0 Å². The number of rotatable bonds is 3. The summed E-state index contributed by atoms with van der Waals surface area (Å²) in [4.78, 5) is 0. The zero-order chi connectivity index (χ0) is 15.0. The minimum absolute atomic E-state index is 0.0305. The van der Waals surface area contributed by atoms with E-state index in [1.54, 1.807) is 7.11 Å². The van der Waals surface area contributed by atoms with E-state index in [9.17, 15) is 0 Å². The summed E-state index contributed by atoms with van der Waals surface area (Å²) in [6, 6.07) is 14.1. The monoisotopic (exact) mass is 302 g/mol. The van der Waals surface area contributed by atoms with Crippen LogP contribution in [0.25, 0.3) is 0 Å². The zero-order valence-electron chi connectivity index (χ0n) is 12.5. The van der Waals surface area contributed by atoms with Gasteiger partial charge in [-0.25, -0.2) is 0 Å². The molecule has 0 N–H and O–H groups in total. The molecule has 0 aromatic heterocycles. The molecule has 2 aromatic rings. The van der Waals surface area contributed by atoms with Gasteiger partial charge in [-0.05, 0) is 23.8 Å². The van der Waals surface area contributed by atoms with Crippen molar-refractivity contribution < 1.29 is 9.47 Å². The van der Waals surface area contributed by atoms with Gasteiger partial charge in [0, 0.05) is 16.5 Å². The van der Waals surface area contributed by atoms with Crippen LogP contribution in [0.15, 0.2) is 42.5 Å². The molecule has 3 heteroatoms. The average Bonchev–Trinajstić information content (AvgIpc) is 2.81. The van der Waals surface area contributed by atoms with Gasteiger partial charge in [-0.2, -0.15) is 0 Å². The van der Waals surface area contributed by atoms with E-state index in [0.717, 1.165) is 22.6 Å². The molecule has 0 bridgehead atoms. The first-order chi connectivity index (χ1) is 10.0. The highest BCUT2D eigenvalue weighted by Crippen LogP contribution is 2.42. The van der Waals surface area contributed by atoms with Crippen LogP contribution >= 0.6 is 11.6 Å². The van der Waals surface area contributed by atoms with E-state index in [-0.39, 0.29) is 10.8 Å². The molecule has 2 aromatic carbocycles. The number of halogens is 1. The molecule has 0 fully saturated rings. The number of hydrogen-bond donors (Lipinski definition) is 0. The van der Waals surface area contributed by atoms with Gasteiger partial charge >= 0.3 is 0 Å². The molecule has 0 saturated carbocycles. The summed E-state index contributed by atoms with van der Waals surface area (Å²) in [5.74, 6) is 1.78. The van der Waals surface area contributed by atoms with Crippen LogP contribution in [-0.2, 0) is 5.41 Å². The summed E-state index contributed by atoms with van der Waals surface area (Å²) in [5, 5.41) is -0.233. The molecule has 21 heavy (non-hydrogen) atoms. The highest BCUT2D eigenvalue weighted by Gasteiger charge is 2.32. The Kier molecular flexibility index (Phi) is 3.58. The molecule has 1 aliphatic heterocycles. The first-order valence-corrected chi connectivity index (χ1v) is 7.51. The Morgan fingerprint density at radius 1 is 1.19 bits per heavy atom. The van der Waals surface area contributed by atoms with E-state index < -0.39 is 0 Å². The Hall–Kier alpha value is -1.67. The first-order valence-electron chi connectivity index (χ1n) is 7.07. The predicted molar refractivity (Wildman–Crippen MR) is 85.7 cm³/mol. The lowest BCUT2D eigenvalue weighted by molar-refractivity contribution is 0.291. The highest BCUT2D eigenvalue weighted by molar-refractivity contribution is 6.22. The summed E-state index contributed by atoms with van der Waals surface area (Å²) in [6.45, 7) is 5.09. The topological polar surface area (TPSA) is 18.5 Å². The Balaban J connectivity index is 2.01. The lowest BCUT2D eigenvalue weighted by atomic mass is 9.85. The van der Waals surface area contributed by atoms with E-state index >= 15 is 0 Å². The minimum Gasteiger partial charge on any atom is -0.496 e. The second-order valence-corrected chi connectivity index (χ2v) is 6.47. The summed E-state index contributed by atoms with van der Waals surface area (Å²) in [5.41, 5.74) is 3.31. The summed E-state index contributed by atoms with van der Waals surface area (Å²) < 4.78 is 11.1. The highest BCUT2D eigenvalue weighted by atomic mass is 35.5. The fourth-order valence-corrected chi connectivity index (χ4v) is 3.07. The van der Waals surface area contributed by atoms with Gasteiger partial charge in [-0.15, -0.1) is 11.6 Å². The first kappa shape index (κ1) is 14.3. The smallest absolute Gasteiger partial charge is 0.123 e. The minimum atomic E-state index is -0.233. The quantitative estimate of drug-likeness (QED) is 0.766. The molecule has 0 spiro atoms. The number of hydrogen-bond acceptors (Lipinski definition) is 2. The van der Waals surface area contributed by atoms with Gasteiger partial charge < -0.3 is 9.47 Å². The van der Waals surface area contributed by atoms with Crippen LogP contribution in [0.3, 0.4) is 0 Å². The summed E-state index contributed by atoms with van der Waals surface area (Å²) in [7, 11) is 1.67. The number of alkyl halides is 1. The zero-order valence-corrected chi connectivity index (χ0v) is 13.3. The molecule has 110 valence electrons. The Morgan fingerprint density at radius 2 is 1.95 bits per heavy atom. The van der Waals surface area contributed by atoms with Crippen molar-refractivity contribution in [3.63, 3.8) is 0 Å². The van der Waals surface area contributed by atoms with E-state index in [1.165, 1.54) is 5.56 Å². The summed E-state index contributed by atoms with van der Waals surface area (Å²) in [6.07, 6.45) is 0. The maximum absolute atomic E-state index is 6.69. The predicted octanol–water partition coefficient (Wildman–Crippen LogP) is 4.69. The third kappa shape index (κ3) is 2.49. The molecule has 0 saturated heterocycles. The SMILES string of the molecule is COc1ccccc1C(Cl)c1ccc2c(c1)C(C)(C)CO2. The number of para-hydroxylation sites is 1. The molecule has 0 radical (unpaired) electrons. The number of methoxy groups -OCH3 is 1. The maximum Gasteiger partial charge on any atom is 0.123 e. The second-order valence-electron chi connectivity index (χ2n) is 6.03. The van der Waals surface area contributed by atoms with E-state index in [1.807, 2.05) is 36.4 Å². The van der Waals surface area contributed by atoms with Crippen molar-refractivity contribution in [2.75, 3.05) is 13.7 Å². The van der Waals surface area contributed by atoms with Crippen LogP contribution in [0.2, 0.25) is 0 Å². The Labute approximate surface area is 130 Å². The van der Waals surface area contributed by atoms with Gasteiger partial charge in [-0.3, -0.25) is 0 Å². The summed E-state index contributed by atoms with van der Waals surface area (Å²) >= 11 is 6.69.